The molecule has 3 nitrogen and oxygen atoms in total. The summed E-state index contributed by atoms with van der Waals surface area (Å²) in [5.41, 5.74) is 0. The Morgan fingerprint density at radius 1 is 0.667 bits per heavy atom. The second-order valence-corrected chi connectivity index (χ2v) is 0.346. The summed E-state index contributed by atoms with van der Waals surface area (Å²) in [5.74, 6) is 0. The first-order valence-electron chi connectivity index (χ1n) is 0.775. The quantitative estimate of drug-likeness (QED) is 0.380. The van der Waals surface area contributed by atoms with Crippen LogP contribution in [0.1, 0.15) is 7.13 Å². The molecule has 9 heteroatoms. The standard InChI is InChI=1S/BH3O3.5K.5H/c2-1(3)4;;;;;;;;;;/h2-4H;;;;;;;;;;/q;5*+1;5*-1. The zero-order valence-electron chi connectivity index (χ0n) is 11.9. The van der Waals surface area contributed by atoms with Gasteiger partial charge in [0, 0.05) is 0 Å². The van der Waals surface area contributed by atoms with Gasteiger partial charge in [-0.1, -0.05) is 0 Å². The molecule has 0 fully saturated rings. The van der Waals surface area contributed by atoms with Gasteiger partial charge in [0.1, 0.15) is 0 Å². The number of rotatable bonds is 0. The zero-order valence-corrected chi connectivity index (χ0v) is 22.5. The predicted octanol–water partition coefficient (Wildman–Crippen LogP) is -16.5. The third kappa shape index (κ3) is 48.7. The summed E-state index contributed by atoms with van der Waals surface area (Å²) in [4.78, 5) is 0. The van der Waals surface area contributed by atoms with Crippen LogP contribution >= 0.6 is 0 Å². The van der Waals surface area contributed by atoms with E-state index in [1.165, 1.54) is 0 Å². The first kappa shape index (κ1) is 36.0. The molecular formula is H8BK5O3. The van der Waals surface area contributed by atoms with Crippen molar-refractivity contribution in [2.45, 2.75) is 0 Å². The van der Waals surface area contributed by atoms with E-state index in [1.54, 1.807) is 0 Å². The van der Waals surface area contributed by atoms with Crippen LogP contribution in [0.2, 0.25) is 0 Å². The molecule has 0 aromatic heterocycles. The molecule has 0 heterocycles. The molecule has 0 aliphatic heterocycles. The van der Waals surface area contributed by atoms with E-state index in [0.29, 0.717) is 0 Å². The van der Waals surface area contributed by atoms with Crippen molar-refractivity contribution in [1.82, 2.24) is 0 Å². The van der Waals surface area contributed by atoms with E-state index >= 15 is 0 Å². The molecule has 0 atom stereocenters. The van der Waals surface area contributed by atoms with Gasteiger partial charge in [-0.15, -0.1) is 0 Å². The second-order valence-electron chi connectivity index (χ2n) is 0.346. The third-order valence-electron chi connectivity index (χ3n) is 0. The van der Waals surface area contributed by atoms with Gasteiger partial charge in [0.2, 0.25) is 0 Å². The first-order valence-corrected chi connectivity index (χ1v) is 0.775. The largest absolute Gasteiger partial charge is 1.00 e. The molecule has 0 saturated heterocycles. The van der Waals surface area contributed by atoms with Crippen LogP contribution < -0.4 is 257 Å². The fourth-order valence-electron chi connectivity index (χ4n) is 0. The van der Waals surface area contributed by atoms with Crippen molar-refractivity contribution >= 4 is 7.32 Å². The Morgan fingerprint density at radius 3 is 0.667 bits per heavy atom. The van der Waals surface area contributed by atoms with Gasteiger partial charge >= 0.3 is 264 Å². The molecule has 0 aliphatic rings. The molecule has 0 unspecified atom stereocenters. The fourth-order valence-corrected chi connectivity index (χ4v) is 0. The summed E-state index contributed by atoms with van der Waals surface area (Å²) < 4.78 is 0. The van der Waals surface area contributed by atoms with E-state index in [9.17, 15) is 0 Å². The molecule has 0 rings (SSSR count). The fraction of sp³-hybridized carbons (Fsp3) is 0. The Labute approximate surface area is 276 Å². The van der Waals surface area contributed by atoms with Crippen molar-refractivity contribution in [2.24, 2.45) is 0 Å². The summed E-state index contributed by atoms with van der Waals surface area (Å²) in [6.07, 6.45) is 0. The molecule has 34 valence electrons. The van der Waals surface area contributed by atoms with Crippen LogP contribution in [0.25, 0.3) is 0 Å². The maximum Gasteiger partial charge on any atom is 1.00 e. The average molecular weight is 262 g/mol. The van der Waals surface area contributed by atoms with E-state index < -0.39 is 7.32 Å². The van der Waals surface area contributed by atoms with Crippen LogP contribution in [0.15, 0.2) is 0 Å². The van der Waals surface area contributed by atoms with Crippen LogP contribution in [0.5, 0.6) is 0 Å². The molecule has 0 spiro atoms. The molecule has 0 saturated carbocycles. The summed E-state index contributed by atoms with van der Waals surface area (Å²) in [6.45, 7) is 0. The summed E-state index contributed by atoms with van der Waals surface area (Å²) in [6, 6.07) is 0. The molecule has 0 bridgehead atoms. The Bertz CT molecular complexity index is 30.1. The van der Waals surface area contributed by atoms with E-state index in [4.69, 9.17) is 15.1 Å². The van der Waals surface area contributed by atoms with Gasteiger partial charge in [0.05, 0.1) is 0 Å². The zero-order chi connectivity index (χ0) is 3.58. The molecule has 9 heavy (non-hydrogen) atoms. The van der Waals surface area contributed by atoms with Crippen LogP contribution in [-0.2, 0) is 0 Å². The predicted molar refractivity (Wildman–Crippen MR) is 18.0 cm³/mol. The molecule has 0 aliphatic carbocycles. The van der Waals surface area contributed by atoms with Crippen LogP contribution in [-0.4, -0.2) is 22.4 Å². The van der Waals surface area contributed by atoms with Crippen molar-refractivity contribution in [3.8, 4) is 0 Å². The maximum atomic E-state index is 7.17. The second kappa shape index (κ2) is 29.8. The summed E-state index contributed by atoms with van der Waals surface area (Å²) in [5, 5.41) is 21.5. The maximum absolute atomic E-state index is 7.17. The van der Waals surface area contributed by atoms with Crippen LogP contribution in [0.4, 0.5) is 0 Å². The van der Waals surface area contributed by atoms with Crippen molar-refractivity contribution in [1.29, 1.82) is 0 Å². The van der Waals surface area contributed by atoms with E-state index in [-0.39, 0.29) is 264 Å². The van der Waals surface area contributed by atoms with Crippen LogP contribution in [0, 0.1) is 0 Å². The Kier molecular flexibility index (Phi) is 119. The Morgan fingerprint density at radius 2 is 0.667 bits per heavy atom. The topological polar surface area (TPSA) is 60.7 Å². The van der Waals surface area contributed by atoms with E-state index in [0.717, 1.165) is 0 Å². The normalized spacial score (nSPS) is 3.00. The van der Waals surface area contributed by atoms with Gasteiger partial charge in [0.25, 0.3) is 0 Å². The van der Waals surface area contributed by atoms with Crippen molar-refractivity contribution < 1.29 is 279 Å². The van der Waals surface area contributed by atoms with E-state index in [1.807, 2.05) is 0 Å². The Balaban J connectivity index is -0.000000001000. The van der Waals surface area contributed by atoms with Crippen molar-refractivity contribution in [3.05, 3.63) is 0 Å². The summed E-state index contributed by atoms with van der Waals surface area (Å²) >= 11 is 0. The average Bonchev–Trinajstić information content (AvgIpc) is 0.811. The van der Waals surface area contributed by atoms with Crippen molar-refractivity contribution in [2.75, 3.05) is 0 Å². The summed E-state index contributed by atoms with van der Waals surface area (Å²) in [7, 11) is -2.17. The number of hydrogen-bond donors (Lipinski definition) is 3. The van der Waals surface area contributed by atoms with Gasteiger partial charge in [0.15, 0.2) is 0 Å². The van der Waals surface area contributed by atoms with Gasteiger partial charge < -0.3 is 22.2 Å². The van der Waals surface area contributed by atoms with Gasteiger partial charge in [-0.3, -0.25) is 0 Å². The third-order valence-corrected chi connectivity index (χ3v) is 0. The van der Waals surface area contributed by atoms with Crippen LogP contribution in [0.3, 0.4) is 0 Å². The van der Waals surface area contributed by atoms with Crippen molar-refractivity contribution in [3.63, 3.8) is 0 Å². The minimum atomic E-state index is -2.17. The molecular weight excluding hydrogens is 254 g/mol. The van der Waals surface area contributed by atoms with Gasteiger partial charge in [-0.25, -0.2) is 0 Å². The Hall–Kier alpha value is 8.13. The molecule has 0 aromatic rings. The molecule has 0 radical (unpaired) electrons. The molecule has 0 aromatic carbocycles. The number of hydrogen-bond acceptors (Lipinski definition) is 3. The minimum Gasteiger partial charge on any atom is -1.00 e. The van der Waals surface area contributed by atoms with Gasteiger partial charge in [-0.05, 0) is 0 Å². The van der Waals surface area contributed by atoms with E-state index in [2.05, 4.69) is 0 Å². The van der Waals surface area contributed by atoms with Gasteiger partial charge in [-0.2, -0.15) is 0 Å². The molecule has 0 amide bonds. The SMILES string of the molecule is OB(O)O.[H-].[H-].[H-].[H-].[H-].[K+].[K+].[K+].[K+].[K+]. The first-order chi connectivity index (χ1) is 1.73. The smallest absolute Gasteiger partial charge is 1.00 e. The molecule has 3 N–H and O–H groups in total. The minimum absolute atomic E-state index is 0. The monoisotopic (exact) mass is 262 g/mol.